The molecular formula is C24H25NO3. The quantitative estimate of drug-likeness (QED) is 0.711. The molecule has 0 atom stereocenters. The van der Waals surface area contributed by atoms with Crippen LogP contribution in [0.5, 0.6) is 11.5 Å². The molecule has 0 amide bonds. The molecule has 1 fully saturated rings. The molecule has 3 aliphatic rings. The van der Waals surface area contributed by atoms with E-state index in [0.717, 1.165) is 29.8 Å². The Bertz CT molecular complexity index is 939. The highest BCUT2D eigenvalue weighted by Crippen LogP contribution is 2.43. The Balaban J connectivity index is 1.44. The van der Waals surface area contributed by atoms with Gasteiger partial charge in [-0.3, -0.25) is 9.69 Å². The first-order valence-electron chi connectivity index (χ1n) is 10.3. The van der Waals surface area contributed by atoms with Crippen molar-refractivity contribution in [1.29, 1.82) is 0 Å². The molecule has 1 aliphatic carbocycles. The predicted octanol–water partition coefficient (Wildman–Crippen LogP) is 4.96. The lowest BCUT2D eigenvalue weighted by Crippen LogP contribution is -2.39. The Morgan fingerprint density at radius 2 is 1.89 bits per heavy atom. The summed E-state index contributed by atoms with van der Waals surface area (Å²) in [6, 6.07) is 12.6. The number of hydrogen-bond acceptors (Lipinski definition) is 4. The number of carbonyl (C=O) groups excluding carboxylic acids is 1. The van der Waals surface area contributed by atoms with Crippen molar-refractivity contribution in [3.63, 3.8) is 0 Å². The second-order valence-electron chi connectivity index (χ2n) is 7.91. The predicted molar refractivity (Wildman–Crippen MR) is 108 cm³/mol. The molecule has 2 heterocycles. The third-order valence-electron chi connectivity index (χ3n) is 6.17. The zero-order valence-electron chi connectivity index (χ0n) is 16.2. The summed E-state index contributed by atoms with van der Waals surface area (Å²) in [6.07, 6.45) is 7.88. The molecule has 0 radical (unpaired) electrons. The van der Waals surface area contributed by atoms with Crippen molar-refractivity contribution in [2.45, 2.75) is 51.6 Å². The van der Waals surface area contributed by atoms with Gasteiger partial charge in [-0.05, 0) is 48.6 Å². The number of aryl methyl sites for hydroxylation is 1. The van der Waals surface area contributed by atoms with Crippen LogP contribution in [0.25, 0.3) is 6.08 Å². The molecule has 0 aromatic heterocycles. The lowest BCUT2D eigenvalue weighted by atomic mass is 10.0. The fourth-order valence-corrected chi connectivity index (χ4v) is 4.48. The average Bonchev–Trinajstić information content (AvgIpc) is 3.37. The normalized spacial score (nSPS) is 20.8. The summed E-state index contributed by atoms with van der Waals surface area (Å²) >= 11 is 0. The minimum atomic E-state index is -0.0460. The fourth-order valence-electron chi connectivity index (χ4n) is 4.48. The van der Waals surface area contributed by atoms with Gasteiger partial charge in [-0.1, -0.05) is 44.0 Å². The number of ether oxygens (including phenoxy) is 2. The van der Waals surface area contributed by atoms with Crippen LogP contribution in [-0.4, -0.2) is 23.5 Å². The fraction of sp³-hybridized carbons (Fsp3) is 0.375. The molecule has 2 aromatic carbocycles. The summed E-state index contributed by atoms with van der Waals surface area (Å²) in [5.74, 6) is 1.87. The number of allylic oxidation sites excluding steroid dienone is 1. The standard InChI is InChI=1S/C24H25NO3/c1-2-16-7-9-17(10-8-16)13-22-23(26)19-11-12-21-20(24(19)28-22)14-25(15-27-21)18-5-3-4-6-18/h7-13,18H,2-6,14-15H2,1H3/b22-13-. The Hall–Kier alpha value is -2.59. The van der Waals surface area contributed by atoms with E-state index in [1.807, 2.05) is 30.3 Å². The number of rotatable bonds is 3. The third kappa shape index (κ3) is 3.02. The summed E-state index contributed by atoms with van der Waals surface area (Å²) in [5.41, 5.74) is 3.91. The lowest BCUT2D eigenvalue weighted by molar-refractivity contribution is 0.0567. The van der Waals surface area contributed by atoms with Crippen molar-refractivity contribution in [2.24, 2.45) is 0 Å². The van der Waals surface area contributed by atoms with Crippen LogP contribution in [0.1, 0.15) is 59.7 Å². The number of Topliss-reactive ketones (excluding diaryl/α,β-unsaturated/α-hetero) is 1. The van der Waals surface area contributed by atoms with Crippen LogP contribution >= 0.6 is 0 Å². The van der Waals surface area contributed by atoms with Gasteiger partial charge in [0.2, 0.25) is 5.78 Å². The molecule has 4 nitrogen and oxygen atoms in total. The van der Waals surface area contributed by atoms with E-state index < -0.39 is 0 Å². The minimum Gasteiger partial charge on any atom is -0.478 e. The first-order chi connectivity index (χ1) is 13.7. The van der Waals surface area contributed by atoms with E-state index in [9.17, 15) is 4.79 Å². The molecule has 0 unspecified atom stereocenters. The molecule has 2 aromatic rings. The van der Waals surface area contributed by atoms with E-state index in [-0.39, 0.29) is 5.78 Å². The van der Waals surface area contributed by atoms with Crippen molar-refractivity contribution in [3.05, 3.63) is 64.4 Å². The Labute approximate surface area is 165 Å². The molecule has 144 valence electrons. The largest absolute Gasteiger partial charge is 0.478 e. The first kappa shape index (κ1) is 17.5. The number of benzene rings is 2. The topological polar surface area (TPSA) is 38.8 Å². The van der Waals surface area contributed by atoms with Gasteiger partial charge in [-0.25, -0.2) is 0 Å². The SMILES string of the molecule is CCc1ccc(/C=C2\Oc3c(ccc4c3CN(C3CCCC3)CO4)C2=O)cc1. The number of carbonyl (C=O) groups is 1. The van der Waals surface area contributed by atoms with E-state index >= 15 is 0 Å². The summed E-state index contributed by atoms with van der Waals surface area (Å²) in [5, 5.41) is 0. The van der Waals surface area contributed by atoms with Crippen LogP contribution in [0.15, 0.2) is 42.2 Å². The van der Waals surface area contributed by atoms with E-state index in [1.54, 1.807) is 0 Å². The van der Waals surface area contributed by atoms with Crippen LogP contribution in [0, 0.1) is 0 Å². The maximum Gasteiger partial charge on any atom is 0.231 e. The number of ketones is 1. The van der Waals surface area contributed by atoms with Crippen LogP contribution < -0.4 is 9.47 Å². The molecule has 5 rings (SSSR count). The molecule has 28 heavy (non-hydrogen) atoms. The highest BCUT2D eigenvalue weighted by atomic mass is 16.5. The molecule has 0 saturated heterocycles. The van der Waals surface area contributed by atoms with E-state index in [4.69, 9.17) is 9.47 Å². The van der Waals surface area contributed by atoms with Gasteiger partial charge in [0.15, 0.2) is 5.76 Å². The third-order valence-corrected chi connectivity index (χ3v) is 6.17. The maximum atomic E-state index is 12.9. The van der Waals surface area contributed by atoms with Gasteiger partial charge in [0, 0.05) is 12.6 Å². The molecule has 2 aliphatic heterocycles. The molecule has 0 N–H and O–H groups in total. The summed E-state index contributed by atoms with van der Waals surface area (Å²) in [6.45, 7) is 3.54. The minimum absolute atomic E-state index is 0.0460. The number of hydrogen-bond donors (Lipinski definition) is 0. The van der Waals surface area contributed by atoms with Crippen LogP contribution in [0.3, 0.4) is 0 Å². The van der Waals surface area contributed by atoms with Gasteiger partial charge >= 0.3 is 0 Å². The highest BCUT2D eigenvalue weighted by molar-refractivity contribution is 6.15. The Morgan fingerprint density at radius 3 is 2.64 bits per heavy atom. The van der Waals surface area contributed by atoms with E-state index in [2.05, 4.69) is 24.0 Å². The maximum absolute atomic E-state index is 12.9. The second-order valence-corrected chi connectivity index (χ2v) is 7.91. The van der Waals surface area contributed by atoms with Crippen molar-refractivity contribution >= 4 is 11.9 Å². The van der Waals surface area contributed by atoms with Crippen molar-refractivity contribution < 1.29 is 14.3 Å². The summed E-state index contributed by atoms with van der Waals surface area (Å²) in [7, 11) is 0. The van der Waals surface area contributed by atoms with Crippen LogP contribution in [0.4, 0.5) is 0 Å². The molecule has 1 saturated carbocycles. The molecule has 0 spiro atoms. The Kier molecular flexibility index (Phi) is 4.44. The monoisotopic (exact) mass is 375 g/mol. The van der Waals surface area contributed by atoms with Crippen LogP contribution in [-0.2, 0) is 13.0 Å². The van der Waals surface area contributed by atoms with Gasteiger partial charge in [0.05, 0.1) is 11.1 Å². The van der Waals surface area contributed by atoms with E-state index in [0.29, 0.717) is 29.8 Å². The average molecular weight is 375 g/mol. The second kappa shape index (κ2) is 7.10. The smallest absolute Gasteiger partial charge is 0.231 e. The zero-order valence-corrected chi connectivity index (χ0v) is 16.2. The first-order valence-corrected chi connectivity index (χ1v) is 10.3. The van der Waals surface area contributed by atoms with Crippen molar-refractivity contribution in [2.75, 3.05) is 6.73 Å². The van der Waals surface area contributed by atoms with E-state index in [1.165, 1.54) is 31.2 Å². The van der Waals surface area contributed by atoms with Gasteiger partial charge in [-0.15, -0.1) is 0 Å². The lowest BCUT2D eigenvalue weighted by Gasteiger charge is -2.33. The molecule has 0 bridgehead atoms. The molecule has 4 heteroatoms. The summed E-state index contributed by atoms with van der Waals surface area (Å²) < 4.78 is 12.1. The number of fused-ring (bicyclic) bond motifs is 3. The van der Waals surface area contributed by atoms with Crippen LogP contribution in [0.2, 0.25) is 0 Å². The summed E-state index contributed by atoms with van der Waals surface area (Å²) in [4.78, 5) is 15.3. The van der Waals surface area contributed by atoms with Gasteiger partial charge in [-0.2, -0.15) is 0 Å². The van der Waals surface area contributed by atoms with Gasteiger partial charge < -0.3 is 9.47 Å². The van der Waals surface area contributed by atoms with Crippen molar-refractivity contribution in [1.82, 2.24) is 4.90 Å². The molecular weight excluding hydrogens is 350 g/mol. The van der Waals surface area contributed by atoms with Gasteiger partial charge in [0.25, 0.3) is 0 Å². The Morgan fingerprint density at radius 1 is 1.11 bits per heavy atom. The van der Waals surface area contributed by atoms with Gasteiger partial charge in [0.1, 0.15) is 18.2 Å². The number of nitrogens with zero attached hydrogens (tertiary/aromatic N) is 1. The van der Waals surface area contributed by atoms with Crippen molar-refractivity contribution in [3.8, 4) is 11.5 Å². The highest BCUT2D eigenvalue weighted by Gasteiger charge is 2.35. The zero-order chi connectivity index (χ0) is 19.1.